The first kappa shape index (κ1) is 14.3. The Labute approximate surface area is 140 Å². The molecular weight excluding hydrogens is 328 g/mol. The topological polar surface area (TPSA) is 59.8 Å². The Morgan fingerprint density at radius 2 is 2.04 bits per heavy atom. The van der Waals surface area contributed by atoms with Crippen molar-refractivity contribution < 1.29 is 4.79 Å². The Balaban J connectivity index is 1.65. The van der Waals surface area contributed by atoms with Crippen LogP contribution in [0.3, 0.4) is 0 Å². The monoisotopic (exact) mass is 342 g/mol. The van der Waals surface area contributed by atoms with Crippen molar-refractivity contribution >= 4 is 54.1 Å². The highest BCUT2D eigenvalue weighted by molar-refractivity contribution is 7.23. The third-order valence-corrected chi connectivity index (χ3v) is 5.82. The molecule has 3 heterocycles. The second-order valence-electron chi connectivity index (χ2n) is 5.48. The van der Waals surface area contributed by atoms with Gasteiger partial charge < -0.3 is 0 Å². The standard InChI is InChI=1S/C16H14N4OS2/c1-8-4-5-11-12(6-8)23-16(17-11)18-14(21)13-7-10-9(2)19-20(3)15(10)22-13/h4-7H,1-3H3,(H,17,18,21). The second-order valence-corrected chi connectivity index (χ2v) is 7.54. The largest absolute Gasteiger partial charge is 0.297 e. The van der Waals surface area contributed by atoms with Crippen LogP contribution >= 0.6 is 22.7 Å². The molecule has 23 heavy (non-hydrogen) atoms. The molecule has 0 radical (unpaired) electrons. The van der Waals surface area contributed by atoms with Crippen molar-refractivity contribution in [2.45, 2.75) is 13.8 Å². The van der Waals surface area contributed by atoms with Gasteiger partial charge in [0.2, 0.25) is 0 Å². The minimum Gasteiger partial charge on any atom is -0.297 e. The van der Waals surface area contributed by atoms with Crippen LogP contribution in [0, 0.1) is 13.8 Å². The van der Waals surface area contributed by atoms with Crippen LogP contribution < -0.4 is 5.32 Å². The van der Waals surface area contributed by atoms with Crippen molar-refractivity contribution in [2.24, 2.45) is 7.05 Å². The fourth-order valence-electron chi connectivity index (χ4n) is 2.56. The van der Waals surface area contributed by atoms with Crippen LogP contribution in [-0.2, 0) is 7.05 Å². The van der Waals surface area contributed by atoms with Crippen molar-refractivity contribution in [2.75, 3.05) is 5.32 Å². The number of aryl methyl sites for hydroxylation is 3. The summed E-state index contributed by atoms with van der Waals surface area (Å²) >= 11 is 2.94. The highest BCUT2D eigenvalue weighted by Crippen LogP contribution is 2.30. The van der Waals surface area contributed by atoms with Gasteiger partial charge in [-0.3, -0.25) is 14.8 Å². The summed E-state index contributed by atoms with van der Waals surface area (Å²) < 4.78 is 2.89. The molecule has 4 rings (SSSR count). The zero-order valence-corrected chi connectivity index (χ0v) is 14.5. The number of carbonyl (C=O) groups is 1. The Kier molecular flexibility index (Phi) is 3.21. The van der Waals surface area contributed by atoms with Gasteiger partial charge in [0.15, 0.2) is 5.13 Å². The summed E-state index contributed by atoms with van der Waals surface area (Å²) in [6.45, 7) is 4.00. The molecule has 0 aliphatic carbocycles. The molecule has 0 saturated carbocycles. The fraction of sp³-hybridized carbons (Fsp3) is 0.188. The number of hydrogen-bond acceptors (Lipinski definition) is 5. The zero-order valence-electron chi connectivity index (χ0n) is 12.9. The number of fused-ring (bicyclic) bond motifs is 2. The first-order valence-corrected chi connectivity index (χ1v) is 8.76. The number of benzene rings is 1. The fourth-order valence-corrected chi connectivity index (χ4v) is 4.54. The van der Waals surface area contributed by atoms with Gasteiger partial charge in [0.1, 0.15) is 4.83 Å². The molecule has 0 bridgehead atoms. The number of hydrogen-bond donors (Lipinski definition) is 1. The molecule has 0 saturated heterocycles. The molecule has 4 aromatic rings. The van der Waals surface area contributed by atoms with Gasteiger partial charge in [-0.1, -0.05) is 17.4 Å². The molecule has 0 aliphatic heterocycles. The van der Waals surface area contributed by atoms with Gasteiger partial charge in [0.25, 0.3) is 5.91 Å². The lowest BCUT2D eigenvalue weighted by Gasteiger charge is -1.97. The van der Waals surface area contributed by atoms with Crippen molar-refractivity contribution in [1.82, 2.24) is 14.8 Å². The molecule has 7 heteroatoms. The highest BCUT2D eigenvalue weighted by Gasteiger charge is 2.16. The molecule has 0 atom stereocenters. The Bertz CT molecular complexity index is 1020. The molecule has 3 aromatic heterocycles. The van der Waals surface area contributed by atoms with Gasteiger partial charge in [-0.25, -0.2) is 4.98 Å². The summed E-state index contributed by atoms with van der Waals surface area (Å²) in [6.07, 6.45) is 0. The van der Waals surface area contributed by atoms with E-state index in [2.05, 4.69) is 21.5 Å². The van der Waals surface area contributed by atoms with Crippen LogP contribution in [0.25, 0.3) is 20.4 Å². The van der Waals surface area contributed by atoms with Crippen LogP contribution in [0.15, 0.2) is 24.3 Å². The van der Waals surface area contributed by atoms with Crippen LogP contribution in [0.2, 0.25) is 0 Å². The molecule has 1 amide bonds. The molecule has 0 spiro atoms. The van der Waals surface area contributed by atoms with E-state index in [1.807, 2.05) is 43.8 Å². The molecule has 0 aliphatic rings. The lowest BCUT2D eigenvalue weighted by Crippen LogP contribution is -2.09. The first-order valence-electron chi connectivity index (χ1n) is 7.13. The average Bonchev–Trinajstić information content (AvgIpc) is 3.15. The van der Waals surface area contributed by atoms with Gasteiger partial charge in [0.05, 0.1) is 20.8 Å². The van der Waals surface area contributed by atoms with E-state index in [0.29, 0.717) is 10.0 Å². The molecule has 1 aromatic carbocycles. The quantitative estimate of drug-likeness (QED) is 0.596. The number of thiophene rings is 1. The second kappa shape index (κ2) is 5.14. The molecular formula is C16H14N4OS2. The summed E-state index contributed by atoms with van der Waals surface area (Å²) in [7, 11) is 1.89. The zero-order chi connectivity index (χ0) is 16.1. The van der Waals surface area contributed by atoms with E-state index in [0.717, 1.165) is 26.1 Å². The minimum atomic E-state index is -0.124. The normalized spacial score (nSPS) is 11.4. The number of nitrogens with zero attached hydrogens (tertiary/aromatic N) is 3. The number of thiazole rings is 1. The minimum absolute atomic E-state index is 0.124. The third kappa shape index (κ3) is 2.42. The van der Waals surface area contributed by atoms with Gasteiger partial charge in [-0.2, -0.15) is 5.10 Å². The molecule has 116 valence electrons. The summed E-state index contributed by atoms with van der Waals surface area (Å²) in [5, 5.41) is 8.92. The Hall–Kier alpha value is -2.25. The van der Waals surface area contributed by atoms with E-state index < -0.39 is 0 Å². The van der Waals surface area contributed by atoms with Crippen LogP contribution in [0.4, 0.5) is 5.13 Å². The third-order valence-electron chi connectivity index (χ3n) is 3.68. The Morgan fingerprint density at radius 1 is 1.22 bits per heavy atom. The van der Waals surface area contributed by atoms with Crippen molar-refractivity contribution in [3.63, 3.8) is 0 Å². The van der Waals surface area contributed by atoms with E-state index in [9.17, 15) is 4.79 Å². The summed E-state index contributed by atoms with van der Waals surface area (Å²) in [6, 6.07) is 7.98. The SMILES string of the molecule is Cc1ccc2nc(NC(=O)c3cc4c(C)nn(C)c4s3)sc2c1. The van der Waals surface area contributed by atoms with Crippen LogP contribution in [-0.4, -0.2) is 20.7 Å². The smallest absolute Gasteiger partial charge is 0.267 e. The van der Waals surface area contributed by atoms with Crippen molar-refractivity contribution in [3.05, 3.63) is 40.4 Å². The molecule has 0 fully saturated rings. The average molecular weight is 342 g/mol. The summed E-state index contributed by atoms with van der Waals surface area (Å²) in [4.78, 5) is 18.6. The number of rotatable bonds is 2. The maximum atomic E-state index is 12.5. The van der Waals surface area contributed by atoms with Gasteiger partial charge in [0, 0.05) is 12.4 Å². The van der Waals surface area contributed by atoms with Gasteiger partial charge in [-0.05, 0) is 37.6 Å². The maximum absolute atomic E-state index is 12.5. The van der Waals surface area contributed by atoms with E-state index >= 15 is 0 Å². The first-order chi connectivity index (χ1) is 11.0. The summed E-state index contributed by atoms with van der Waals surface area (Å²) in [5.41, 5.74) is 3.03. The number of aromatic nitrogens is 3. The van der Waals surface area contributed by atoms with Crippen LogP contribution in [0.5, 0.6) is 0 Å². The van der Waals surface area contributed by atoms with Gasteiger partial charge >= 0.3 is 0 Å². The van der Waals surface area contributed by atoms with E-state index in [1.54, 1.807) is 0 Å². The van der Waals surface area contributed by atoms with E-state index in [1.165, 1.54) is 28.2 Å². The highest BCUT2D eigenvalue weighted by atomic mass is 32.1. The lowest BCUT2D eigenvalue weighted by molar-refractivity contribution is 0.103. The number of carbonyl (C=O) groups excluding carboxylic acids is 1. The van der Waals surface area contributed by atoms with E-state index in [4.69, 9.17) is 0 Å². The van der Waals surface area contributed by atoms with E-state index in [-0.39, 0.29) is 5.91 Å². The number of amides is 1. The summed E-state index contributed by atoms with van der Waals surface area (Å²) in [5.74, 6) is -0.124. The molecule has 1 N–H and O–H groups in total. The molecule has 5 nitrogen and oxygen atoms in total. The number of anilines is 1. The van der Waals surface area contributed by atoms with Crippen LogP contribution in [0.1, 0.15) is 20.9 Å². The van der Waals surface area contributed by atoms with Crippen molar-refractivity contribution in [1.29, 1.82) is 0 Å². The lowest BCUT2D eigenvalue weighted by atomic mass is 10.2. The van der Waals surface area contributed by atoms with Crippen molar-refractivity contribution in [3.8, 4) is 0 Å². The maximum Gasteiger partial charge on any atom is 0.267 e. The predicted octanol–water partition coefficient (Wildman–Crippen LogP) is 4.11. The Morgan fingerprint density at radius 3 is 2.83 bits per heavy atom. The molecule has 0 unspecified atom stereocenters. The number of nitrogens with one attached hydrogen (secondary N) is 1. The van der Waals surface area contributed by atoms with Gasteiger partial charge in [-0.15, -0.1) is 11.3 Å². The predicted molar refractivity (Wildman–Crippen MR) is 95.6 cm³/mol.